The Labute approximate surface area is 78.2 Å². The van der Waals surface area contributed by atoms with E-state index >= 15 is 0 Å². The molecule has 1 fully saturated rings. The molecule has 4 nitrogen and oxygen atoms in total. The Hall–Kier alpha value is -0.610. The third-order valence-electron chi connectivity index (χ3n) is 2.95. The first-order valence-electron chi connectivity index (χ1n) is 4.63. The van der Waals surface area contributed by atoms with E-state index in [2.05, 4.69) is 11.8 Å². The number of aliphatic hydroxyl groups is 1. The largest absolute Gasteiger partial charge is 0.479 e. The molecule has 1 rings (SSSR count). The fourth-order valence-corrected chi connectivity index (χ4v) is 1.81. The molecule has 13 heavy (non-hydrogen) atoms. The van der Waals surface area contributed by atoms with Crippen molar-refractivity contribution in [2.75, 3.05) is 13.6 Å². The fourth-order valence-electron chi connectivity index (χ4n) is 1.81. The number of aliphatic hydroxyl groups excluding tert-OH is 1. The van der Waals surface area contributed by atoms with Gasteiger partial charge in [0.05, 0.1) is 0 Å². The third-order valence-corrected chi connectivity index (χ3v) is 2.95. The van der Waals surface area contributed by atoms with Gasteiger partial charge in [0.1, 0.15) is 0 Å². The zero-order valence-electron chi connectivity index (χ0n) is 8.10. The van der Waals surface area contributed by atoms with Crippen LogP contribution < -0.4 is 0 Å². The molecule has 0 saturated carbocycles. The Morgan fingerprint density at radius 1 is 1.62 bits per heavy atom. The number of rotatable bonds is 2. The highest BCUT2D eigenvalue weighted by atomic mass is 16.4. The minimum atomic E-state index is -1.18. The van der Waals surface area contributed by atoms with E-state index in [1.807, 2.05) is 7.05 Å². The highest BCUT2D eigenvalue weighted by Gasteiger charge is 2.31. The maximum atomic E-state index is 10.5. The molecule has 0 bridgehead atoms. The molecule has 1 saturated heterocycles. The standard InChI is InChI=1S/C9H17NO3/c1-6-5-7(3-4-10(6)2)8(11)9(12)13/h6-8,11H,3-5H2,1-2H3,(H,12,13). The van der Waals surface area contributed by atoms with Crippen molar-refractivity contribution in [3.05, 3.63) is 0 Å². The molecule has 2 N–H and O–H groups in total. The van der Waals surface area contributed by atoms with E-state index in [1.54, 1.807) is 0 Å². The smallest absolute Gasteiger partial charge is 0.332 e. The van der Waals surface area contributed by atoms with Crippen molar-refractivity contribution in [2.45, 2.75) is 31.9 Å². The molecule has 0 aromatic rings. The van der Waals surface area contributed by atoms with Crippen molar-refractivity contribution in [3.8, 4) is 0 Å². The first-order chi connectivity index (χ1) is 6.02. The van der Waals surface area contributed by atoms with Gasteiger partial charge in [0.25, 0.3) is 0 Å². The first kappa shape index (κ1) is 10.5. The summed E-state index contributed by atoms with van der Waals surface area (Å²) < 4.78 is 0. The minimum Gasteiger partial charge on any atom is -0.479 e. The number of hydrogen-bond donors (Lipinski definition) is 2. The highest BCUT2D eigenvalue weighted by Crippen LogP contribution is 2.24. The highest BCUT2D eigenvalue weighted by molar-refractivity contribution is 5.72. The summed E-state index contributed by atoms with van der Waals surface area (Å²) >= 11 is 0. The molecule has 76 valence electrons. The van der Waals surface area contributed by atoms with Crippen LogP contribution in [-0.2, 0) is 4.79 Å². The number of carboxylic acid groups (broad SMARTS) is 1. The van der Waals surface area contributed by atoms with E-state index in [1.165, 1.54) is 0 Å². The quantitative estimate of drug-likeness (QED) is 0.646. The molecule has 4 heteroatoms. The lowest BCUT2D eigenvalue weighted by molar-refractivity contribution is -0.151. The molecule has 0 amide bonds. The SMILES string of the molecule is CC1CC(C(O)C(=O)O)CCN1C. The summed E-state index contributed by atoms with van der Waals surface area (Å²) in [4.78, 5) is 12.7. The Morgan fingerprint density at radius 3 is 2.69 bits per heavy atom. The van der Waals surface area contributed by atoms with Gasteiger partial charge >= 0.3 is 5.97 Å². The summed E-state index contributed by atoms with van der Waals surface area (Å²) in [6.07, 6.45) is 0.356. The van der Waals surface area contributed by atoms with Crippen molar-refractivity contribution >= 4 is 5.97 Å². The van der Waals surface area contributed by atoms with E-state index in [0.29, 0.717) is 6.04 Å². The summed E-state index contributed by atoms with van der Waals surface area (Å²) in [5.41, 5.74) is 0. The van der Waals surface area contributed by atoms with Crippen LogP contribution in [0.25, 0.3) is 0 Å². The van der Waals surface area contributed by atoms with Crippen molar-refractivity contribution in [1.29, 1.82) is 0 Å². The third kappa shape index (κ3) is 2.42. The van der Waals surface area contributed by atoms with Crippen LogP contribution in [0.2, 0.25) is 0 Å². The molecule has 0 radical (unpaired) electrons. The van der Waals surface area contributed by atoms with Crippen molar-refractivity contribution in [2.24, 2.45) is 5.92 Å². The second-order valence-corrected chi connectivity index (χ2v) is 3.90. The van der Waals surface area contributed by atoms with Crippen molar-refractivity contribution in [1.82, 2.24) is 4.90 Å². The summed E-state index contributed by atoms with van der Waals surface area (Å²) in [5, 5.41) is 18.0. The number of nitrogens with zero attached hydrogens (tertiary/aromatic N) is 1. The Kier molecular flexibility index (Phi) is 3.27. The van der Waals surface area contributed by atoms with E-state index < -0.39 is 12.1 Å². The molecule has 1 aliphatic rings. The Morgan fingerprint density at radius 2 is 2.23 bits per heavy atom. The van der Waals surface area contributed by atoms with Gasteiger partial charge < -0.3 is 15.1 Å². The van der Waals surface area contributed by atoms with Gasteiger partial charge in [-0.05, 0) is 39.3 Å². The molecular formula is C9H17NO3. The second-order valence-electron chi connectivity index (χ2n) is 3.90. The van der Waals surface area contributed by atoms with Crippen LogP contribution in [0.3, 0.4) is 0 Å². The van der Waals surface area contributed by atoms with Crippen molar-refractivity contribution in [3.63, 3.8) is 0 Å². The molecular weight excluding hydrogens is 170 g/mol. The summed E-state index contributed by atoms with van der Waals surface area (Å²) in [6.45, 7) is 2.93. The van der Waals surface area contributed by atoms with Crippen LogP contribution in [0.4, 0.5) is 0 Å². The number of hydrogen-bond acceptors (Lipinski definition) is 3. The zero-order chi connectivity index (χ0) is 10.0. The second kappa shape index (κ2) is 4.07. The lowest BCUT2D eigenvalue weighted by Crippen LogP contribution is -2.43. The topological polar surface area (TPSA) is 60.8 Å². The van der Waals surface area contributed by atoms with Gasteiger partial charge in [0.15, 0.2) is 6.10 Å². The lowest BCUT2D eigenvalue weighted by Gasteiger charge is -2.35. The van der Waals surface area contributed by atoms with E-state index in [9.17, 15) is 9.90 Å². The summed E-state index contributed by atoms with van der Waals surface area (Å²) in [5.74, 6) is -1.18. The molecule has 0 aromatic carbocycles. The van der Waals surface area contributed by atoms with Crippen LogP contribution in [0, 0.1) is 5.92 Å². The molecule has 0 aliphatic carbocycles. The summed E-state index contributed by atoms with van der Waals surface area (Å²) in [6, 6.07) is 0.368. The zero-order valence-corrected chi connectivity index (χ0v) is 8.10. The monoisotopic (exact) mass is 187 g/mol. The number of carbonyl (C=O) groups is 1. The predicted octanol–water partition coefficient (Wildman–Crippen LogP) is 0.162. The van der Waals surface area contributed by atoms with Crippen LogP contribution in [0.5, 0.6) is 0 Å². The van der Waals surface area contributed by atoms with Crippen LogP contribution in [0.1, 0.15) is 19.8 Å². The average molecular weight is 187 g/mol. The van der Waals surface area contributed by atoms with Crippen molar-refractivity contribution < 1.29 is 15.0 Å². The molecule has 1 heterocycles. The number of piperidine rings is 1. The molecule has 0 aromatic heterocycles. The Balaban J connectivity index is 2.50. The molecule has 0 spiro atoms. The molecule has 1 aliphatic heterocycles. The van der Waals surface area contributed by atoms with Gasteiger partial charge in [-0.1, -0.05) is 0 Å². The van der Waals surface area contributed by atoms with E-state index in [0.717, 1.165) is 19.4 Å². The van der Waals surface area contributed by atoms with Gasteiger partial charge in [-0.3, -0.25) is 0 Å². The first-order valence-corrected chi connectivity index (χ1v) is 4.63. The lowest BCUT2D eigenvalue weighted by atomic mass is 9.87. The molecule has 3 unspecified atom stereocenters. The van der Waals surface area contributed by atoms with Gasteiger partial charge in [-0.2, -0.15) is 0 Å². The average Bonchev–Trinajstić information content (AvgIpc) is 2.08. The van der Waals surface area contributed by atoms with E-state index in [4.69, 9.17) is 5.11 Å². The van der Waals surface area contributed by atoms with Crippen LogP contribution in [-0.4, -0.2) is 46.8 Å². The maximum absolute atomic E-state index is 10.5. The Bertz CT molecular complexity index is 195. The van der Waals surface area contributed by atoms with Gasteiger partial charge in [0, 0.05) is 6.04 Å². The van der Waals surface area contributed by atoms with E-state index in [-0.39, 0.29) is 5.92 Å². The number of aliphatic carboxylic acids is 1. The maximum Gasteiger partial charge on any atom is 0.332 e. The molecule has 3 atom stereocenters. The summed E-state index contributed by atoms with van der Waals surface area (Å²) in [7, 11) is 2.02. The van der Waals surface area contributed by atoms with Gasteiger partial charge in [0.2, 0.25) is 0 Å². The van der Waals surface area contributed by atoms with Gasteiger partial charge in [-0.25, -0.2) is 4.79 Å². The number of carboxylic acids is 1. The normalized spacial score (nSPS) is 32.8. The van der Waals surface area contributed by atoms with Crippen LogP contribution in [0.15, 0.2) is 0 Å². The minimum absolute atomic E-state index is 0.0799. The van der Waals surface area contributed by atoms with Crippen LogP contribution >= 0.6 is 0 Å². The number of likely N-dealkylation sites (tertiary alicyclic amines) is 1. The fraction of sp³-hybridized carbons (Fsp3) is 0.889. The predicted molar refractivity (Wildman–Crippen MR) is 48.5 cm³/mol. The van der Waals surface area contributed by atoms with Gasteiger partial charge in [-0.15, -0.1) is 0 Å².